The normalized spacial score (nSPS) is 23.0. The van der Waals surface area contributed by atoms with Crippen LogP contribution < -0.4 is 0 Å². The second-order valence-electron chi connectivity index (χ2n) is 4.53. The van der Waals surface area contributed by atoms with Gasteiger partial charge >= 0.3 is 0 Å². The van der Waals surface area contributed by atoms with Crippen molar-refractivity contribution in [3.8, 4) is 0 Å². The summed E-state index contributed by atoms with van der Waals surface area (Å²) in [6.07, 6.45) is 1.17. The molecular weight excluding hydrogens is 180 g/mol. The van der Waals surface area contributed by atoms with Crippen molar-refractivity contribution in [1.29, 1.82) is 0 Å². The molecule has 0 heteroatoms. The first-order chi connectivity index (χ1) is 7.31. The Morgan fingerprint density at radius 3 is 2.27 bits per heavy atom. The van der Waals surface area contributed by atoms with Crippen molar-refractivity contribution in [2.75, 3.05) is 0 Å². The molecule has 3 rings (SSSR count). The molecule has 1 aliphatic carbocycles. The van der Waals surface area contributed by atoms with E-state index < -0.39 is 0 Å². The molecule has 0 radical (unpaired) electrons. The molecule has 2 aromatic rings. The molecule has 0 aromatic heterocycles. The van der Waals surface area contributed by atoms with Crippen LogP contribution in [-0.2, 0) is 11.8 Å². The van der Waals surface area contributed by atoms with Gasteiger partial charge in [0.05, 0.1) is 0 Å². The molecule has 0 saturated heterocycles. The zero-order valence-electron chi connectivity index (χ0n) is 8.90. The third-order valence-electron chi connectivity index (χ3n) is 3.57. The fourth-order valence-electron chi connectivity index (χ4n) is 2.65. The second-order valence-corrected chi connectivity index (χ2v) is 4.53. The molecule has 0 fully saturated rings. The lowest BCUT2D eigenvalue weighted by Crippen LogP contribution is -2.36. The van der Waals surface area contributed by atoms with Gasteiger partial charge in [0.25, 0.3) is 0 Å². The van der Waals surface area contributed by atoms with Crippen LogP contribution in [0.15, 0.2) is 54.6 Å². The Morgan fingerprint density at radius 1 is 0.867 bits per heavy atom. The Kier molecular flexibility index (Phi) is 1.72. The van der Waals surface area contributed by atoms with E-state index in [-0.39, 0.29) is 5.41 Å². The van der Waals surface area contributed by atoms with Gasteiger partial charge in [0.15, 0.2) is 0 Å². The van der Waals surface area contributed by atoms with E-state index in [4.69, 9.17) is 0 Å². The van der Waals surface area contributed by atoms with Gasteiger partial charge in [0.2, 0.25) is 0 Å². The first-order valence-electron chi connectivity index (χ1n) is 5.45. The minimum Gasteiger partial charge on any atom is -0.0622 e. The fraction of sp³-hybridized carbons (Fsp3) is 0.200. The predicted octanol–water partition coefficient (Wildman–Crippen LogP) is 3.55. The molecular formula is C15H14. The zero-order chi connectivity index (χ0) is 10.3. The minimum absolute atomic E-state index is 0.248. The quantitative estimate of drug-likeness (QED) is 0.651. The number of hydrogen-bond acceptors (Lipinski definition) is 0. The fourth-order valence-corrected chi connectivity index (χ4v) is 2.65. The highest BCUT2D eigenvalue weighted by atomic mass is 14.4. The average Bonchev–Trinajstić information content (AvgIpc) is 2.29. The van der Waals surface area contributed by atoms with Crippen LogP contribution in [0, 0.1) is 0 Å². The molecule has 0 saturated carbocycles. The molecule has 1 unspecified atom stereocenters. The standard InChI is InChI=1S/C15H14/c1-15(13-8-3-2-4-9-13)11-12-7-5-6-10-14(12)15/h2-10H,11H2,1H3. The zero-order valence-corrected chi connectivity index (χ0v) is 8.90. The molecule has 0 N–H and O–H groups in total. The molecule has 0 spiro atoms. The van der Waals surface area contributed by atoms with Crippen molar-refractivity contribution in [1.82, 2.24) is 0 Å². The van der Waals surface area contributed by atoms with Crippen LogP contribution in [0.25, 0.3) is 0 Å². The first kappa shape index (κ1) is 8.72. The van der Waals surface area contributed by atoms with Crippen molar-refractivity contribution in [3.05, 3.63) is 71.3 Å². The van der Waals surface area contributed by atoms with Crippen LogP contribution in [-0.4, -0.2) is 0 Å². The maximum atomic E-state index is 2.34. The Labute approximate surface area is 90.6 Å². The van der Waals surface area contributed by atoms with Crippen molar-refractivity contribution in [3.63, 3.8) is 0 Å². The molecule has 0 aliphatic heterocycles. The van der Waals surface area contributed by atoms with Gasteiger partial charge in [0.1, 0.15) is 0 Å². The van der Waals surface area contributed by atoms with Gasteiger partial charge in [-0.3, -0.25) is 0 Å². The van der Waals surface area contributed by atoms with Gasteiger partial charge in [-0.05, 0) is 23.1 Å². The molecule has 0 amide bonds. The Bertz CT molecular complexity index is 484. The molecule has 0 nitrogen and oxygen atoms in total. The van der Waals surface area contributed by atoms with Crippen molar-refractivity contribution < 1.29 is 0 Å². The number of rotatable bonds is 1. The van der Waals surface area contributed by atoms with Crippen LogP contribution >= 0.6 is 0 Å². The van der Waals surface area contributed by atoms with E-state index in [0.29, 0.717) is 0 Å². The molecule has 15 heavy (non-hydrogen) atoms. The highest BCUT2D eigenvalue weighted by Gasteiger charge is 2.38. The third-order valence-corrected chi connectivity index (χ3v) is 3.57. The lowest BCUT2D eigenvalue weighted by Gasteiger charge is -2.41. The molecule has 1 atom stereocenters. The lowest BCUT2D eigenvalue weighted by molar-refractivity contribution is 0.496. The van der Waals surface area contributed by atoms with Gasteiger partial charge in [-0.1, -0.05) is 61.5 Å². The molecule has 2 aromatic carbocycles. The molecule has 0 bridgehead atoms. The highest BCUT2D eigenvalue weighted by molar-refractivity contribution is 5.52. The number of fused-ring (bicyclic) bond motifs is 1. The van der Waals surface area contributed by atoms with Gasteiger partial charge in [0, 0.05) is 5.41 Å². The SMILES string of the molecule is CC1(c2ccccc2)Cc2ccccc21. The van der Waals surface area contributed by atoms with Crippen molar-refractivity contribution in [2.45, 2.75) is 18.8 Å². The van der Waals surface area contributed by atoms with Crippen molar-refractivity contribution in [2.24, 2.45) is 0 Å². The van der Waals surface area contributed by atoms with Crippen LogP contribution in [0.4, 0.5) is 0 Å². The van der Waals surface area contributed by atoms with Crippen LogP contribution in [0.2, 0.25) is 0 Å². The Balaban J connectivity index is 2.10. The minimum atomic E-state index is 0.248. The predicted molar refractivity (Wildman–Crippen MR) is 63.0 cm³/mol. The van der Waals surface area contributed by atoms with Gasteiger partial charge < -0.3 is 0 Å². The summed E-state index contributed by atoms with van der Waals surface area (Å²) in [5.74, 6) is 0. The van der Waals surface area contributed by atoms with Crippen molar-refractivity contribution >= 4 is 0 Å². The summed E-state index contributed by atoms with van der Waals surface area (Å²) in [6, 6.07) is 19.6. The summed E-state index contributed by atoms with van der Waals surface area (Å²) < 4.78 is 0. The van der Waals surface area contributed by atoms with E-state index in [1.165, 1.54) is 23.1 Å². The second kappa shape index (κ2) is 2.96. The van der Waals surface area contributed by atoms with Gasteiger partial charge in [-0.15, -0.1) is 0 Å². The van der Waals surface area contributed by atoms with Gasteiger partial charge in [-0.25, -0.2) is 0 Å². The highest BCUT2D eigenvalue weighted by Crippen LogP contribution is 2.45. The summed E-state index contributed by atoms with van der Waals surface area (Å²) in [6.45, 7) is 2.34. The van der Waals surface area contributed by atoms with Crippen LogP contribution in [0.1, 0.15) is 23.6 Å². The summed E-state index contributed by atoms with van der Waals surface area (Å²) in [5.41, 5.74) is 4.68. The lowest BCUT2D eigenvalue weighted by atomic mass is 9.62. The van der Waals surface area contributed by atoms with E-state index in [2.05, 4.69) is 61.5 Å². The van der Waals surface area contributed by atoms with E-state index in [9.17, 15) is 0 Å². The smallest absolute Gasteiger partial charge is 0.0217 e. The Hall–Kier alpha value is -1.56. The van der Waals surface area contributed by atoms with Gasteiger partial charge in [-0.2, -0.15) is 0 Å². The molecule has 1 aliphatic rings. The molecule has 0 heterocycles. The monoisotopic (exact) mass is 194 g/mol. The maximum Gasteiger partial charge on any atom is 0.0217 e. The van der Waals surface area contributed by atoms with Crippen LogP contribution in [0.5, 0.6) is 0 Å². The summed E-state index contributed by atoms with van der Waals surface area (Å²) in [5, 5.41) is 0. The largest absolute Gasteiger partial charge is 0.0622 e. The first-order valence-corrected chi connectivity index (χ1v) is 5.45. The third kappa shape index (κ3) is 1.14. The summed E-state index contributed by atoms with van der Waals surface area (Å²) in [7, 11) is 0. The summed E-state index contributed by atoms with van der Waals surface area (Å²) in [4.78, 5) is 0. The van der Waals surface area contributed by atoms with E-state index >= 15 is 0 Å². The number of hydrogen-bond donors (Lipinski definition) is 0. The van der Waals surface area contributed by atoms with Crippen LogP contribution in [0.3, 0.4) is 0 Å². The van der Waals surface area contributed by atoms with E-state index in [0.717, 1.165) is 0 Å². The topological polar surface area (TPSA) is 0 Å². The number of benzene rings is 2. The maximum absolute atomic E-state index is 2.34. The Morgan fingerprint density at radius 2 is 1.53 bits per heavy atom. The molecule has 74 valence electrons. The van der Waals surface area contributed by atoms with E-state index in [1.807, 2.05) is 0 Å². The summed E-state index contributed by atoms with van der Waals surface area (Å²) >= 11 is 0. The van der Waals surface area contributed by atoms with E-state index in [1.54, 1.807) is 0 Å². The average molecular weight is 194 g/mol.